The molecule has 0 fully saturated rings. The predicted molar refractivity (Wildman–Crippen MR) is 65.3 cm³/mol. The minimum absolute atomic E-state index is 0.268. The minimum atomic E-state index is 0.268. The molecule has 0 bridgehead atoms. The van der Waals surface area contributed by atoms with Crippen LogP contribution >= 0.6 is 0 Å². The van der Waals surface area contributed by atoms with Gasteiger partial charge in [0, 0.05) is 11.6 Å². The molecule has 2 aromatic rings. The number of hydrogen-bond acceptors (Lipinski definition) is 5. The lowest BCUT2D eigenvalue weighted by Gasteiger charge is -2.21. The number of H-pyrrole nitrogens is 1. The molecule has 18 heavy (non-hydrogen) atoms. The van der Waals surface area contributed by atoms with Crippen molar-refractivity contribution in [3.8, 4) is 22.8 Å². The largest absolute Gasteiger partial charge is 0.496 e. The number of ether oxygens (including phenoxy) is 3. The van der Waals surface area contributed by atoms with E-state index in [4.69, 9.17) is 19.9 Å². The van der Waals surface area contributed by atoms with E-state index < -0.39 is 0 Å². The average Bonchev–Trinajstić information content (AvgIpc) is 2.83. The Labute approximate surface area is 104 Å². The van der Waals surface area contributed by atoms with Gasteiger partial charge in [-0.25, -0.2) is 0 Å². The molecule has 3 rings (SSSR count). The summed E-state index contributed by atoms with van der Waals surface area (Å²) in [6.07, 6.45) is 0. The van der Waals surface area contributed by atoms with E-state index in [1.807, 2.05) is 12.1 Å². The summed E-state index contributed by atoms with van der Waals surface area (Å²) in [5.41, 5.74) is 8.23. The highest BCUT2D eigenvalue weighted by atomic mass is 16.7. The number of nitrogen functional groups attached to an aromatic ring is 1. The number of nitrogens with one attached hydrogen (secondary N) is 1. The molecule has 0 atom stereocenters. The summed E-state index contributed by atoms with van der Waals surface area (Å²) < 4.78 is 16.1. The molecule has 6 heteroatoms. The highest BCUT2D eigenvalue weighted by molar-refractivity contribution is 5.75. The number of methoxy groups -OCH3 is 1. The first kappa shape index (κ1) is 10.9. The molecule has 0 unspecified atom stereocenters. The first-order valence-corrected chi connectivity index (χ1v) is 5.51. The molecular formula is C12H13N3O3. The van der Waals surface area contributed by atoms with Gasteiger partial charge in [-0.1, -0.05) is 0 Å². The number of hydrogen-bond donors (Lipinski definition) is 2. The van der Waals surface area contributed by atoms with Crippen LogP contribution in [-0.4, -0.2) is 24.1 Å². The number of benzene rings is 1. The van der Waals surface area contributed by atoms with Crippen LogP contribution in [0.1, 0.15) is 5.56 Å². The van der Waals surface area contributed by atoms with E-state index in [0.29, 0.717) is 12.4 Å². The summed E-state index contributed by atoms with van der Waals surface area (Å²) in [6, 6.07) is 5.49. The molecular weight excluding hydrogens is 234 g/mol. The van der Waals surface area contributed by atoms with Crippen LogP contribution in [0.25, 0.3) is 11.3 Å². The van der Waals surface area contributed by atoms with Crippen molar-refractivity contribution in [3.05, 3.63) is 23.8 Å². The fourth-order valence-corrected chi connectivity index (χ4v) is 2.07. The molecule has 1 aliphatic rings. The number of anilines is 1. The molecule has 2 heterocycles. The maximum Gasteiger partial charge on any atom is 0.189 e. The van der Waals surface area contributed by atoms with Gasteiger partial charge < -0.3 is 19.9 Å². The second-order valence-corrected chi connectivity index (χ2v) is 3.94. The van der Waals surface area contributed by atoms with Gasteiger partial charge in [0.25, 0.3) is 0 Å². The summed E-state index contributed by atoms with van der Waals surface area (Å²) in [6.45, 7) is 0.741. The summed E-state index contributed by atoms with van der Waals surface area (Å²) >= 11 is 0. The van der Waals surface area contributed by atoms with E-state index in [9.17, 15) is 0 Å². The maximum absolute atomic E-state index is 5.64. The number of aromatic nitrogens is 2. The smallest absolute Gasteiger partial charge is 0.189 e. The number of fused-ring (bicyclic) bond motifs is 1. The number of nitrogens with zero attached hydrogens (tertiary/aromatic N) is 1. The Bertz CT molecular complexity index is 580. The summed E-state index contributed by atoms with van der Waals surface area (Å²) in [5.74, 6) is 1.96. The first-order valence-electron chi connectivity index (χ1n) is 5.51. The van der Waals surface area contributed by atoms with E-state index in [1.54, 1.807) is 13.2 Å². The van der Waals surface area contributed by atoms with Crippen LogP contribution < -0.4 is 15.2 Å². The van der Waals surface area contributed by atoms with Crippen LogP contribution in [0.3, 0.4) is 0 Å². The molecule has 0 saturated carbocycles. The lowest BCUT2D eigenvalue weighted by molar-refractivity contribution is -0.0161. The zero-order valence-electron chi connectivity index (χ0n) is 9.90. The van der Waals surface area contributed by atoms with E-state index in [-0.39, 0.29) is 6.79 Å². The summed E-state index contributed by atoms with van der Waals surface area (Å²) in [7, 11) is 1.62. The van der Waals surface area contributed by atoms with Gasteiger partial charge in [0.2, 0.25) is 0 Å². The molecule has 0 aliphatic carbocycles. The standard InChI is InChI=1S/C12H13N3O3/c1-16-10-3-2-9-7(5-17-6-18-9)12(10)8-4-11(13)15-14-8/h2-4H,5-6H2,1H3,(H3,13,14,15). The van der Waals surface area contributed by atoms with Gasteiger partial charge in [-0.05, 0) is 12.1 Å². The zero-order chi connectivity index (χ0) is 12.5. The number of nitrogens with two attached hydrogens (primary N) is 1. The van der Waals surface area contributed by atoms with Gasteiger partial charge in [-0.3, -0.25) is 5.10 Å². The van der Waals surface area contributed by atoms with Crippen LogP contribution in [0, 0.1) is 0 Å². The molecule has 94 valence electrons. The average molecular weight is 247 g/mol. The van der Waals surface area contributed by atoms with Gasteiger partial charge in [0.1, 0.15) is 17.3 Å². The van der Waals surface area contributed by atoms with Crippen LogP contribution in [0.2, 0.25) is 0 Å². The van der Waals surface area contributed by atoms with Crippen LogP contribution in [0.4, 0.5) is 5.82 Å². The van der Waals surface area contributed by atoms with E-state index in [1.165, 1.54) is 0 Å². The van der Waals surface area contributed by atoms with Gasteiger partial charge in [-0.15, -0.1) is 0 Å². The molecule has 3 N–H and O–H groups in total. The van der Waals surface area contributed by atoms with Gasteiger partial charge in [0.15, 0.2) is 6.79 Å². The van der Waals surface area contributed by atoms with Gasteiger partial charge in [-0.2, -0.15) is 5.10 Å². The molecule has 6 nitrogen and oxygen atoms in total. The third kappa shape index (κ3) is 1.67. The van der Waals surface area contributed by atoms with Crippen molar-refractivity contribution >= 4 is 5.82 Å². The van der Waals surface area contributed by atoms with Crippen molar-refractivity contribution in [2.45, 2.75) is 6.61 Å². The molecule has 0 amide bonds. The summed E-state index contributed by atoms with van der Waals surface area (Å²) in [5, 5.41) is 6.81. The molecule has 0 saturated heterocycles. The Hall–Kier alpha value is -2.21. The third-order valence-corrected chi connectivity index (χ3v) is 2.86. The van der Waals surface area contributed by atoms with Gasteiger partial charge >= 0.3 is 0 Å². The monoisotopic (exact) mass is 247 g/mol. The Morgan fingerprint density at radius 3 is 3.06 bits per heavy atom. The Morgan fingerprint density at radius 2 is 2.33 bits per heavy atom. The van der Waals surface area contributed by atoms with Crippen molar-refractivity contribution in [2.75, 3.05) is 19.6 Å². The van der Waals surface area contributed by atoms with Crippen LogP contribution in [0.5, 0.6) is 11.5 Å². The van der Waals surface area contributed by atoms with E-state index in [2.05, 4.69) is 10.2 Å². The minimum Gasteiger partial charge on any atom is -0.496 e. The molecule has 0 spiro atoms. The number of aromatic amines is 1. The number of rotatable bonds is 2. The highest BCUT2D eigenvalue weighted by Gasteiger charge is 2.21. The lowest BCUT2D eigenvalue weighted by atomic mass is 10.0. The second-order valence-electron chi connectivity index (χ2n) is 3.94. The molecule has 0 radical (unpaired) electrons. The normalized spacial score (nSPS) is 13.8. The highest BCUT2D eigenvalue weighted by Crippen LogP contribution is 2.39. The summed E-state index contributed by atoms with van der Waals surface area (Å²) in [4.78, 5) is 0. The van der Waals surface area contributed by atoms with Crippen LogP contribution in [-0.2, 0) is 11.3 Å². The van der Waals surface area contributed by atoms with Crippen molar-refractivity contribution < 1.29 is 14.2 Å². The first-order chi connectivity index (χ1) is 8.79. The van der Waals surface area contributed by atoms with Gasteiger partial charge in [0.05, 0.1) is 25.0 Å². The van der Waals surface area contributed by atoms with E-state index >= 15 is 0 Å². The Kier molecular flexibility index (Phi) is 2.56. The quantitative estimate of drug-likeness (QED) is 0.841. The Morgan fingerprint density at radius 1 is 1.44 bits per heavy atom. The molecule has 1 aromatic heterocycles. The topological polar surface area (TPSA) is 82.4 Å². The lowest BCUT2D eigenvalue weighted by Crippen LogP contribution is -2.12. The van der Waals surface area contributed by atoms with Crippen LogP contribution in [0.15, 0.2) is 18.2 Å². The SMILES string of the molecule is COc1ccc2c(c1-c1cc(N)n[nH]1)COCO2. The second kappa shape index (κ2) is 4.23. The fourth-order valence-electron chi connectivity index (χ4n) is 2.07. The molecule has 1 aliphatic heterocycles. The van der Waals surface area contributed by atoms with E-state index in [0.717, 1.165) is 28.3 Å². The van der Waals surface area contributed by atoms with Crippen molar-refractivity contribution in [3.63, 3.8) is 0 Å². The van der Waals surface area contributed by atoms with Crippen molar-refractivity contribution in [2.24, 2.45) is 0 Å². The Balaban J connectivity index is 2.21. The third-order valence-electron chi connectivity index (χ3n) is 2.86. The van der Waals surface area contributed by atoms with Crippen molar-refractivity contribution in [1.82, 2.24) is 10.2 Å². The molecule has 1 aromatic carbocycles. The maximum atomic E-state index is 5.64. The predicted octanol–water partition coefficient (Wildman–Crippen LogP) is 1.53. The zero-order valence-corrected chi connectivity index (χ0v) is 9.90. The van der Waals surface area contributed by atoms with Crippen molar-refractivity contribution in [1.29, 1.82) is 0 Å². The fraction of sp³-hybridized carbons (Fsp3) is 0.250.